The molecule has 7 aromatic heterocycles. The van der Waals surface area contributed by atoms with Crippen molar-refractivity contribution in [2.45, 2.75) is 0 Å². The molecule has 0 aliphatic rings. The van der Waals surface area contributed by atoms with Gasteiger partial charge in [-0.1, -0.05) is 437 Å². The second-order valence-electron chi connectivity index (χ2n) is 37.4. The maximum absolute atomic E-state index is 5.41. The Balaban J connectivity index is 0.000000112. The van der Waals surface area contributed by atoms with Gasteiger partial charge in [-0.25, -0.2) is 39.9 Å². The Morgan fingerprint density at radius 2 is 0.384 bits per heavy atom. The first kappa shape index (κ1) is 85.6. The van der Waals surface area contributed by atoms with Gasteiger partial charge in [0, 0.05) is 70.7 Å². The number of aromatic nitrogens is 8. The largest absolute Gasteiger partial charge is 0.246 e. The molecular formula is C138H86N8. The predicted octanol–water partition coefficient (Wildman–Crippen LogP) is 36.4. The number of benzene rings is 22. The summed E-state index contributed by atoms with van der Waals surface area (Å²) in [6, 6.07) is 185. The van der Waals surface area contributed by atoms with Gasteiger partial charge in [0.15, 0.2) is 5.82 Å². The third-order valence-electron chi connectivity index (χ3n) is 28.7. The van der Waals surface area contributed by atoms with Crippen LogP contribution in [0.5, 0.6) is 0 Å². The van der Waals surface area contributed by atoms with Crippen LogP contribution in [0.1, 0.15) is 0 Å². The second-order valence-corrected chi connectivity index (χ2v) is 37.4. The number of hydrogen-bond acceptors (Lipinski definition) is 8. The molecule has 0 bridgehead atoms. The zero-order valence-corrected chi connectivity index (χ0v) is 79.2. The van der Waals surface area contributed by atoms with Crippen LogP contribution < -0.4 is 0 Å². The highest BCUT2D eigenvalue weighted by atomic mass is 14.9. The first-order valence-electron chi connectivity index (χ1n) is 49.6. The van der Waals surface area contributed by atoms with Crippen LogP contribution in [0.3, 0.4) is 0 Å². The molecule has 0 N–H and O–H groups in total. The van der Waals surface area contributed by atoms with Crippen molar-refractivity contribution in [3.8, 4) is 135 Å². The SMILES string of the molecule is c1cc(-c2ccc3c(-c4ccc5ccccc5c4)c4ccccc4c(-c4ccc5ccccc5c4)c3c2)nc(-c2nc3ccccc3c3c2ccc2ccccc23)c1.c1cc(-c2ccc3ccccc3c2)nc(-c2nc3ccccc3c3c2ccc2ccccc23)c1.c1ccc(-c2ccc(-c3cc(-c4cccc(-c5nc6ccccc6c6c5ccc5ccccc56)n4)nc(-c4ccc(-c5ccccc5)cc4)n3)cc2)cc1. The molecular weight excluding hydrogens is 1770 g/mol. The van der Waals surface area contributed by atoms with E-state index < -0.39 is 0 Å². The van der Waals surface area contributed by atoms with Crippen molar-refractivity contribution in [1.29, 1.82) is 0 Å². The van der Waals surface area contributed by atoms with Gasteiger partial charge >= 0.3 is 0 Å². The molecule has 0 saturated heterocycles. The van der Waals surface area contributed by atoms with Crippen LogP contribution in [0.2, 0.25) is 0 Å². The minimum Gasteiger partial charge on any atom is -0.246 e. The Kier molecular flexibility index (Phi) is 21.5. The minimum absolute atomic E-state index is 0.641. The highest BCUT2D eigenvalue weighted by Crippen LogP contribution is 2.49. The summed E-state index contributed by atoms with van der Waals surface area (Å²) < 4.78 is 0. The summed E-state index contributed by atoms with van der Waals surface area (Å²) in [6.45, 7) is 0. The molecule has 0 atom stereocenters. The number of fused-ring (bicyclic) bond motifs is 20. The van der Waals surface area contributed by atoms with Gasteiger partial charge in [-0.3, -0.25) is 0 Å². The molecule has 0 aliphatic carbocycles. The van der Waals surface area contributed by atoms with E-state index in [1.165, 1.54) is 141 Å². The predicted molar refractivity (Wildman–Crippen MR) is 612 cm³/mol. The van der Waals surface area contributed by atoms with Gasteiger partial charge in [0.1, 0.15) is 0 Å². The van der Waals surface area contributed by atoms with Gasteiger partial charge in [-0.15, -0.1) is 0 Å². The summed E-state index contributed by atoms with van der Waals surface area (Å²) in [5.74, 6) is 0.641. The van der Waals surface area contributed by atoms with Gasteiger partial charge in [0.2, 0.25) is 0 Å². The summed E-state index contributed by atoms with van der Waals surface area (Å²) in [6.07, 6.45) is 0. The highest BCUT2D eigenvalue weighted by molar-refractivity contribution is 6.27. The van der Waals surface area contributed by atoms with Crippen LogP contribution in [0.4, 0.5) is 0 Å². The van der Waals surface area contributed by atoms with E-state index in [2.05, 4.69) is 479 Å². The van der Waals surface area contributed by atoms with E-state index in [-0.39, 0.29) is 0 Å². The Morgan fingerprint density at radius 1 is 0.110 bits per heavy atom. The summed E-state index contributed by atoms with van der Waals surface area (Å²) in [5, 5.41) is 29.9. The molecule has 29 aromatic rings. The van der Waals surface area contributed by atoms with E-state index >= 15 is 0 Å². The smallest absolute Gasteiger partial charge is 0.160 e. The Labute approximate surface area is 842 Å². The summed E-state index contributed by atoms with van der Waals surface area (Å²) >= 11 is 0. The van der Waals surface area contributed by atoms with Crippen LogP contribution in [0, 0.1) is 0 Å². The van der Waals surface area contributed by atoms with Crippen molar-refractivity contribution in [2.75, 3.05) is 0 Å². The molecule has 7 heterocycles. The van der Waals surface area contributed by atoms with Gasteiger partial charge < -0.3 is 0 Å². The molecule has 8 nitrogen and oxygen atoms in total. The molecule has 22 aromatic carbocycles. The number of nitrogens with zero attached hydrogens (tertiary/aromatic N) is 8. The molecule has 146 heavy (non-hydrogen) atoms. The lowest BCUT2D eigenvalue weighted by atomic mass is 9.84. The van der Waals surface area contributed by atoms with E-state index in [0.29, 0.717) is 5.82 Å². The highest BCUT2D eigenvalue weighted by Gasteiger charge is 2.25. The molecule has 29 rings (SSSR count). The standard InChI is InChI=1S/C56H34N2.C50H32N4.C32H20N2/c1-3-15-38-32-41(26-24-35(38)12-1)53-44-18-7-8-19-45(44)54(42-27-25-36-13-2-4-16-39(36)33-42)49-34-40(29-30-46(49)53)50-22-11-23-52(57-50)56-48-31-28-37-14-5-6-17-43(37)55(48)47-20-9-10-21-51(47)58-56;1-3-12-33(13-4-1)35-22-26-38(27-23-35)46-32-47(54-50(53-46)39-28-24-36(25-29-39)34-14-5-2-6-15-34)44-20-11-21-45(51-44)49-42-31-30-37-16-7-8-17-40(37)48(42)41-18-9-10-19-43(41)52-49;1-2-10-23-20-24(17-16-21(23)8-1)28-14-7-15-30(33-28)32-27-19-18-22-9-3-4-11-25(22)31(27)26-12-5-6-13-29(26)34-32/h1-34H;1-32H;1-20H. The third-order valence-corrected chi connectivity index (χ3v) is 28.7. The molecule has 0 amide bonds. The third kappa shape index (κ3) is 15.7. The van der Waals surface area contributed by atoms with E-state index in [4.69, 9.17) is 39.9 Å². The average molecular weight is 1860 g/mol. The molecule has 8 heteroatoms. The zero-order chi connectivity index (χ0) is 96.5. The first-order valence-corrected chi connectivity index (χ1v) is 49.6. The first-order chi connectivity index (χ1) is 72.3. The average Bonchev–Trinajstić information content (AvgIpc) is 0.698. The van der Waals surface area contributed by atoms with Crippen LogP contribution in [-0.4, -0.2) is 39.9 Å². The second kappa shape index (κ2) is 36.6. The molecule has 0 unspecified atom stereocenters. The van der Waals surface area contributed by atoms with Crippen molar-refractivity contribution in [3.63, 3.8) is 0 Å². The maximum Gasteiger partial charge on any atom is 0.160 e. The summed E-state index contributed by atoms with van der Waals surface area (Å²) in [5.41, 5.74) is 25.9. The fourth-order valence-corrected chi connectivity index (χ4v) is 21.7. The van der Waals surface area contributed by atoms with Crippen molar-refractivity contribution in [2.24, 2.45) is 0 Å². The van der Waals surface area contributed by atoms with Crippen molar-refractivity contribution in [1.82, 2.24) is 39.9 Å². The Bertz CT molecular complexity index is 10100. The number of rotatable bonds is 12. The number of pyridine rings is 6. The Hall–Kier alpha value is -19.5. The molecule has 0 spiro atoms. The van der Waals surface area contributed by atoms with Crippen LogP contribution in [-0.2, 0) is 0 Å². The number of hydrogen-bond donors (Lipinski definition) is 0. The van der Waals surface area contributed by atoms with Crippen LogP contribution in [0.15, 0.2) is 522 Å². The monoisotopic (exact) mass is 1850 g/mol. The minimum atomic E-state index is 0.641. The topological polar surface area (TPSA) is 103 Å². The van der Waals surface area contributed by atoms with Gasteiger partial charge in [0.05, 0.1) is 79.2 Å². The zero-order valence-electron chi connectivity index (χ0n) is 79.2. The molecule has 0 aliphatic heterocycles. The molecule has 678 valence electrons. The van der Waals surface area contributed by atoms with Gasteiger partial charge in [-0.2, -0.15) is 0 Å². The van der Waals surface area contributed by atoms with Crippen LogP contribution in [0.25, 0.3) is 286 Å². The van der Waals surface area contributed by atoms with E-state index in [1.807, 2.05) is 42.5 Å². The molecule has 0 radical (unpaired) electrons. The van der Waals surface area contributed by atoms with Crippen molar-refractivity contribution in [3.05, 3.63) is 522 Å². The van der Waals surface area contributed by atoms with Crippen molar-refractivity contribution < 1.29 is 0 Å². The number of para-hydroxylation sites is 3. The van der Waals surface area contributed by atoms with Gasteiger partial charge in [0.25, 0.3) is 0 Å². The molecule has 0 fully saturated rings. The normalized spacial score (nSPS) is 11.6. The summed E-state index contributed by atoms with van der Waals surface area (Å²) in [7, 11) is 0. The lowest BCUT2D eigenvalue weighted by Gasteiger charge is -2.19. The van der Waals surface area contributed by atoms with Crippen molar-refractivity contribution >= 4 is 151 Å². The lowest BCUT2D eigenvalue weighted by Crippen LogP contribution is -1.98. The van der Waals surface area contributed by atoms with Gasteiger partial charge in [-0.05, 0) is 216 Å². The van der Waals surface area contributed by atoms with Crippen LogP contribution >= 0.6 is 0 Å². The summed E-state index contributed by atoms with van der Waals surface area (Å²) in [4.78, 5) is 41.7. The maximum atomic E-state index is 5.41. The fraction of sp³-hybridized carbons (Fsp3) is 0. The van der Waals surface area contributed by atoms with E-state index in [0.717, 1.165) is 139 Å². The lowest BCUT2D eigenvalue weighted by molar-refractivity contribution is 1.16. The van der Waals surface area contributed by atoms with E-state index in [9.17, 15) is 0 Å². The fourth-order valence-electron chi connectivity index (χ4n) is 21.7. The quantitative estimate of drug-likeness (QED) is 0.0880. The van der Waals surface area contributed by atoms with E-state index in [1.54, 1.807) is 0 Å². The molecule has 0 saturated carbocycles. The Morgan fingerprint density at radius 3 is 0.815 bits per heavy atom.